The van der Waals surface area contributed by atoms with Crippen molar-refractivity contribution in [3.05, 3.63) is 54.1 Å². The van der Waals surface area contributed by atoms with Crippen molar-refractivity contribution < 1.29 is 18.4 Å². The van der Waals surface area contributed by atoms with Gasteiger partial charge in [0.2, 0.25) is 5.91 Å². The molecular weight excluding hydrogens is 384 g/mol. The molecule has 28 heavy (non-hydrogen) atoms. The molecule has 0 aliphatic carbocycles. The lowest BCUT2D eigenvalue weighted by Gasteiger charge is -2.15. The van der Waals surface area contributed by atoms with E-state index in [-0.39, 0.29) is 22.6 Å². The van der Waals surface area contributed by atoms with Crippen LogP contribution in [-0.2, 0) is 4.79 Å². The van der Waals surface area contributed by atoms with Gasteiger partial charge in [0.15, 0.2) is 10.9 Å². The minimum absolute atomic E-state index is 0.00195. The molecule has 144 valence electrons. The summed E-state index contributed by atoms with van der Waals surface area (Å²) in [5.41, 5.74) is 2.05. The van der Waals surface area contributed by atoms with Crippen molar-refractivity contribution in [1.82, 2.24) is 9.55 Å². The number of aromatic nitrogens is 2. The smallest absolute Gasteiger partial charge is 0.312 e. The fourth-order valence-corrected chi connectivity index (χ4v) is 4.18. The number of fused-ring (bicyclic) bond motifs is 1. The summed E-state index contributed by atoms with van der Waals surface area (Å²) in [5, 5.41) is 0.115. The van der Waals surface area contributed by atoms with Crippen molar-refractivity contribution in [1.29, 1.82) is 0 Å². The molecule has 3 aromatic rings. The summed E-state index contributed by atoms with van der Waals surface area (Å²) in [6.07, 6.45) is 1.38. The first-order valence-corrected chi connectivity index (χ1v) is 9.84. The third-order valence-corrected chi connectivity index (χ3v) is 5.62. The number of benzene rings is 2. The maximum absolute atomic E-state index is 13.5. The number of nitrogens with zero attached hydrogens (tertiary/aromatic N) is 3. The van der Waals surface area contributed by atoms with E-state index in [4.69, 9.17) is 0 Å². The standard InChI is InChI=1S/C20H17F2N3O2S/c21-19(22)25-16-5-2-1-4-15(16)23-20(25)28-12-17(26)13-7-9-14(10-8-13)24-11-3-6-18(24)27/h1-2,4-5,7-10,19H,3,6,11-12H2. The van der Waals surface area contributed by atoms with Crippen molar-refractivity contribution in [2.75, 3.05) is 17.2 Å². The number of Topliss-reactive ketones (excluding diaryl/α,β-unsaturated/α-hetero) is 1. The van der Waals surface area contributed by atoms with Crippen LogP contribution in [0.4, 0.5) is 14.5 Å². The average Bonchev–Trinajstić information content (AvgIpc) is 3.29. The van der Waals surface area contributed by atoms with Crippen LogP contribution in [-0.4, -0.2) is 33.5 Å². The van der Waals surface area contributed by atoms with Gasteiger partial charge in [0, 0.05) is 24.2 Å². The number of amides is 1. The first-order chi connectivity index (χ1) is 13.5. The molecule has 0 bridgehead atoms. The number of imidazole rings is 1. The summed E-state index contributed by atoms with van der Waals surface area (Å²) in [7, 11) is 0. The van der Waals surface area contributed by atoms with Crippen molar-refractivity contribution >= 4 is 40.2 Å². The number of halogens is 2. The van der Waals surface area contributed by atoms with Crippen molar-refractivity contribution in [3.63, 3.8) is 0 Å². The van der Waals surface area contributed by atoms with Gasteiger partial charge in [-0.3, -0.25) is 14.2 Å². The zero-order valence-electron chi connectivity index (χ0n) is 14.8. The van der Waals surface area contributed by atoms with Gasteiger partial charge in [-0.05, 0) is 42.8 Å². The molecule has 2 aromatic carbocycles. The van der Waals surface area contributed by atoms with Gasteiger partial charge in [-0.2, -0.15) is 8.78 Å². The molecule has 5 nitrogen and oxygen atoms in total. The number of alkyl halides is 2. The minimum atomic E-state index is -2.73. The van der Waals surface area contributed by atoms with E-state index in [0.717, 1.165) is 28.4 Å². The number of anilines is 1. The van der Waals surface area contributed by atoms with E-state index in [1.165, 1.54) is 0 Å². The fraction of sp³-hybridized carbons (Fsp3) is 0.250. The molecule has 1 aromatic heterocycles. The molecule has 4 rings (SSSR count). The van der Waals surface area contributed by atoms with Gasteiger partial charge in [-0.25, -0.2) is 4.98 Å². The monoisotopic (exact) mass is 401 g/mol. The van der Waals surface area contributed by atoms with Gasteiger partial charge in [-0.15, -0.1) is 0 Å². The van der Waals surface area contributed by atoms with Gasteiger partial charge < -0.3 is 4.90 Å². The SMILES string of the molecule is O=C(CSc1nc2ccccc2n1C(F)F)c1ccc(N2CCCC2=O)cc1. The summed E-state index contributed by atoms with van der Waals surface area (Å²) in [6, 6.07) is 13.5. The van der Waals surface area contributed by atoms with Gasteiger partial charge in [0.25, 0.3) is 0 Å². The highest BCUT2D eigenvalue weighted by atomic mass is 32.2. The van der Waals surface area contributed by atoms with Crippen LogP contribution in [0.25, 0.3) is 11.0 Å². The Kier molecular flexibility index (Phi) is 5.13. The van der Waals surface area contributed by atoms with Crippen molar-refractivity contribution in [2.24, 2.45) is 0 Å². The summed E-state index contributed by atoms with van der Waals surface area (Å²) < 4.78 is 27.8. The number of carbonyl (C=O) groups is 2. The fourth-order valence-electron chi connectivity index (χ4n) is 3.27. The zero-order valence-corrected chi connectivity index (χ0v) is 15.7. The van der Waals surface area contributed by atoms with Crippen molar-refractivity contribution in [3.8, 4) is 0 Å². The topological polar surface area (TPSA) is 55.2 Å². The second kappa shape index (κ2) is 7.71. The van der Waals surface area contributed by atoms with E-state index in [1.54, 1.807) is 53.4 Å². The molecule has 0 spiro atoms. The Hall–Kier alpha value is -2.74. The van der Waals surface area contributed by atoms with E-state index in [1.807, 2.05) is 0 Å². The number of hydrogen-bond donors (Lipinski definition) is 0. The normalized spacial score (nSPS) is 14.4. The van der Waals surface area contributed by atoms with E-state index >= 15 is 0 Å². The maximum atomic E-state index is 13.5. The highest BCUT2D eigenvalue weighted by Crippen LogP contribution is 2.30. The molecule has 2 heterocycles. The first kappa shape index (κ1) is 18.6. The van der Waals surface area contributed by atoms with Crippen LogP contribution < -0.4 is 4.90 Å². The molecule has 1 fully saturated rings. The molecule has 0 atom stereocenters. The third-order valence-electron chi connectivity index (χ3n) is 4.67. The first-order valence-electron chi connectivity index (χ1n) is 8.86. The Morgan fingerprint density at radius 1 is 1.14 bits per heavy atom. The Labute approximate surface area is 164 Å². The lowest BCUT2D eigenvalue weighted by molar-refractivity contribution is -0.117. The van der Waals surface area contributed by atoms with Crippen LogP contribution >= 0.6 is 11.8 Å². The van der Waals surface area contributed by atoms with Gasteiger partial charge >= 0.3 is 6.55 Å². The molecule has 0 unspecified atom stereocenters. The lowest BCUT2D eigenvalue weighted by atomic mass is 10.1. The average molecular weight is 401 g/mol. The van der Waals surface area contributed by atoms with Gasteiger partial charge in [-0.1, -0.05) is 23.9 Å². The second-order valence-corrected chi connectivity index (χ2v) is 7.38. The number of rotatable bonds is 6. The summed E-state index contributed by atoms with van der Waals surface area (Å²) in [6.45, 7) is -2.05. The largest absolute Gasteiger partial charge is 0.321 e. The Balaban J connectivity index is 1.48. The zero-order chi connectivity index (χ0) is 19.7. The van der Waals surface area contributed by atoms with Crippen molar-refractivity contribution in [2.45, 2.75) is 24.5 Å². The van der Waals surface area contributed by atoms with Crippen LogP contribution in [0.15, 0.2) is 53.7 Å². The molecular formula is C20H17F2N3O2S. The highest BCUT2D eigenvalue weighted by Gasteiger charge is 2.22. The summed E-state index contributed by atoms with van der Waals surface area (Å²) in [5.74, 6) is -0.101. The summed E-state index contributed by atoms with van der Waals surface area (Å²) >= 11 is 0.992. The van der Waals surface area contributed by atoms with Crippen LogP contribution in [0, 0.1) is 0 Å². The van der Waals surface area contributed by atoms with Crippen LogP contribution in [0.5, 0.6) is 0 Å². The second-order valence-electron chi connectivity index (χ2n) is 6.44. The van der Waals surface area contributed by atoms with Crippen LogP contribution in [0.3, 0.4) is 0 Å². The molecule has 1 saturated heterocycles. The Morgan fingerprint density at radius 2 is 1.89 bits per heavy atom. The number of carbonyl (C=O) groups excluding carboxylic acids is 2. The predicted molar refractivity (Wildman–Crippen MR) is 104 cm³/mol. The number of para-hydroxylation sites is 2. The van der Waals surface area contributed by atoms with Gasteiger partial charge in [0.1, 0.15) is 0 Å². The maximum Gasteiger partial charge on any atom is 0.321 e. The molecule has 0 N–H and O–H groups in total. The van der Waals surface area contributed by atoms with E-state index in [2.05, 4.69) is 4.98 Å². The highest BCUT2D eigenvalue weighted by molar-refractivity contribution is 7.99. The molecule has 8 heteroatoms. The Morgan fingerprint density at radius 3 is 2.57 bits per heavy atom. The lowest BCUT2D eigenvalue weighted by Crippen LogP contribution is -2.23. The Bertz CT molecular complexity index is 1030. The minimum Gasteiger partial charge on any atom is -0.312 e. The summed E-state index contributed by atoms with van der Waals surface area (Å²) in [4.78, 5) is 30.2. The predicted octanol–water partition coefficient (Wildman–Crippen LogP) is 4.53. The van der Waals surface area contributed by atoms with E-state index < -0.39 is 6.55 Å². The third kappa shape index (κ3) is 3.52. The number of thioether (sulfide) groups is 1. The van der Waals surface area contributed by atoms with E-state index in [0.29, 0.717) is 29.6 Å². The van der Waals surface area contributed by atoms with Crippen LogP contribution in [0.1, 0.15) is 29.7 Å². The number of ketones is 1. The van der Waals surface area contributed by atoms with Gasteiger partial charge in [0.05, 0.1) is 16.8 Å². The molecule has 0 radical (unpaired) electrons. The molecule has 0 saturated carbocycles. The number of hydrogen-bond acceptors (Lipinski definition) is 4. The molecule has 1 aliphatic heterocycles. The quantitative estimate of drug-likeness (QED) is 0.450. The van der Waals surface area contributed by atoms with E-state index in [9.17, 15) is 18.4 Å². The molecule has 1 amide bonds. The molecule has 1 aliphatic rings. The van der Waals surface area contributed by atoms with Crippen LogP contribution in [0.2, 0.25) is 0 Å².